The van der Waals surface area contributed by atoms with Crippen LogP contribution in [-0.4, -0.2) is 41.3 Å². The van der Waals surface area contributed by atoms with Gasteiger partial charge in [-0.1, -0.05) is 0 Å². The maximum Gasteiger partial charge on any atom is 0.265 e. The van der Waals surface area contributed by atoms with Crippen LogP contribution in [0.3, 0.4) is 0 Å². The molecule has 4 rings (SSSR count). The molecular formula is C8H4N16O4. The predicted octanol–water partition coefficient (Wildman–Crippen LogP) is 1.63. The summed E-state index contributed by atoms with van der Waals surface area (Å²) >= 11 is 0. The largest absolute Gasteiger partial charge is 0.378 e. The lowest BCUT2D eigenvalue weighted by atomic mass is 10.6. The van der Waals surface area contributed by atoms with Crippen molar-refractivity contribution in [2.45, 2.75) is 0 Å². The molecule has 4 aromatic heterocycles. The van der Waals surface area contributed by atoms with Crippen LogP contribution < -0.4 is 11.5 Å². The molecule has 140 valence electrons. The number of aromatic nitrogens is 8. The summed E-state index contributed by atoms with van der Waals surface area (Å²) in [5.74, 6) is -0.902. The van der Waals surface area contributed by atoms with E-state index in [-0.39, 0.29) is 46.5 Å². The second-order valence-electron chi connectivity index (χ2n) is 4.37. The zero-order valence-corrected chi connectivity index (χ0v) is 13.0. The van der Waals surface area contributed by atoms with Crippen molar-refractivity contribution in [3.05, 3.63) is 0 Å². The van der Waals surface area contributed by atoms with Crippen LogP contribution in [0.2, 0.25) is 0 Å². The lowest BCUT2D eigenvalue weighted by Crippen LogP contribution is -1.82. The Morgan fingerprint density at radius 2 is 0.643 bits per heavy atom. The Labute approximate surface area is 149 Å². The van der Waals surface area contributed by atoms with Gasteiger partial charge in [-0.2, -0.15) is 0 Å². The van der Waals surface area contributed by atoms with E-state index in [4.69, 9.17) is 11.5 Å². The molecule has 4 aromatic rings. The molecule has 0 radical (unpaired) electrons. The molecule has 20 nitrogen and oxygen atoms in total. The van der Waals surface area contributed by atoms with Gasteiger partial charge in [-0.25, -0.2) is 18.5 Å². The van der Waals surface area contributed by atoms with Gasteiger partial charge < -0.3 is 11.5 Å². The van der Waals surface area contributed by atoms with Gasteiger partial charge in [-0.3, -0.25) is 0 Å². The highest BCUT2D eigenvalue weighted by molar-refractivity contribution is 5.53. The number of hydrogen-bond acceptors (Lipinski definition) is 20. The molecule has 0 aliphatic rings. The summed E-state index contributed by atoms with van der Waals surface area (Å²) in [5, 5.41) is 49.6. The van der Waals surface area contributed by atoms with E-state index >= 15 is 0 Å². The molecule has 0 aromatic carbocycles. The molecule has 0 aliphatic carbocycles. The van der Waals surface area contributed by atoms with E-state index in [1.807, 2.05) is 0 Å². The fourth-order valence-electron chi connectivity index (χ4n) is 1.42. The Morgan fingerprint density at radius 3 is 0.929 bits per heavy atom. The lowest BCUT2D eigenvalue weighted by molar-refractivity contribution is 0.307. The smallest absolute Gasteiger partial charge is 0.265 e. The van der Waals surface area contributed by atoms with Gasteiger partial charge in [-0.05, 0) is 41.3 Å². The molecule has 0 saturated heterocycles. The molecule has 4 N–H and O–H groups in total. The van der Waals surface area contributed by atoms with Gasteiger partial charge in [0, 0.05) is 0 Å². The maximum atomic E-state index is 5.44. The zero-order valence-electron chi connectivity index (χ0n) is 13.0. The molecule has 0 spiro atoms. The van der Waals surface area contributed by atoms with E-state index in [9.17, 15) is 0 Å². The molecule has 20 heteroatoms. The Morgan fingerprint density at radius 1 is 0.393 bits per heavy atom. The van der Waals surface area contributed by atoms with Gasteiger partial charge in [0.1, 0.15) is 0 Å². The minimum Gasteiger partial charge on any atom is -0.378 e. The Balaban J connectivity index is 1.52. The van der Waals surface area contributed by atoms with Crippen LogP contribution in [0.15, 0.2) is 49.2 Å². The van der Waals surface area contributed by atoms with Crippen LogP contribution in [-0.2, 0) is 0 Å². The van der Waals surface area contributed by atoms with E-state index in [2.05, 4.69) is 90.5 Å². The lowest BCUT2D eigenvalue weighted by Gasteiger charge is -1.85. The highest BCUT2D eigenvalue weighted by atomic mass is 16.6. The Kier molecular flexibility index (Phi) is 4.14. The van der Waals surface area contributed by atoms with Crippen molar-refractivity contribution in [3.8, 4) is 0 Å². The first kappa shape index (κ1) is 16.4. The molecule has 0 fully saturated rings. The van der Waals surface area contributed by atoms with Crippen LogP contribution in [0.4, 0.5) is 46.5 Å². The van der Waals surface area contributed by atoms with Gasteiger partial charge >= 0.3 is 0 Å². The average Bonchev–Trinajstić information content (AvgIpc) is 3.46. The maximum absolute atomic E-state index is 5.44. The number of nitrogens with zero attached hydrogens (tertiary/aromatic N) is 14. The third-order valence-corrected chi connectivity index (χ3v) is 2.62. The average molecular weight is 388 g/mol. The second kappa shape index (κ2) is 7.06. The van der Waals surface area contributed by atoms with E-state index in [0.717, 1.165) is 0 Å². The predicted molar refractivity (Wildman–Crippen MR) is 78.5 cm³/mol. The first-order chi connectivity index (χ1) is 13.7. The fraction of sp³-hybridized carbons (Fsp3) is 0. The Hall–Kier alpha value is -5.04. The van der Waals surface area contributed by atoms with Gasteiger partial charge in [0.15, 0.2) is 0 Å². The summed E-state index contributed by atoms with van der Waals surface area (Å²) in [6.07, 6.45) is 0. The molecule has 0 aliphatic heterocycles. The first-order valence-corrected chi connectivity index (χ1v) is 6.77. The van der Waals surface area contributed by atoms with Crippen molar-refractivity contribution in [3.63, 3.8) is 0 Å². The van der Waals surface area contributed by atoms with E-state index in [1.54, 1.807) is 0 Å². The number of nitrogen functional groups attached to an aromatic ring is 2. The number of anilines is 2. The fourth-order valence-corrected chi connectivity index (χ4v) is 1.42. The summed E-state index contributed by atoms with van der Waals surface area (Å²) in [4.78, 5) is 0. The monoisotopic (exact) mass is 388 g/mol. The van der Waals surface area contributed by atoms with Crippen molar-refractivity contribution >= 4 is 46.5 Å². The van der Waals surface area contributed by atoms with Crippen LogP contribution in [0.1, 0.15) is 0 Å². The van der Waals surface area contributed by atoms with Crippen LogP contribution in [0, 0.1) is 0 Å². The van der Waals surface area contributed by atoms with Gasteiger partial charge in [-0.15, -0.1) is 30.7 Å². The minimum absolute atomic E-state index is 0.0732. The van der Waals surface area contributed by atoms with Gasteiger partial charge in [0.2, 0.25) is 11.6 Å². The zero-order chi connectivity index (χ0) is 19.3. The van der Waals surface area contributed by atoms with Crippen molar-refractivity contribution in [2.75, 3.05) is 11.5 Å². The van der Waals surface area contributed by atoms with E-state index in [0.29, 0.717) is 0 Å². The molecule has 28 heavy (non-hydrogen) atoms. The molecule has 0 bridgehead atoms. The summed E-state index contributed by atoms with van der Waals surface area (Å²) < 4.78 is 17.8. The van der Waals surface area contributed by atoms with Crippen molar-refractivity contribution in [1.82, 2.24) is 41.3 Å². The molecule has 0 atom stereocenters. The van der Waals surface area contributed by atoms with E-state index < -0.39 is 0 Å². The molecule has 0 saturated carbocycles. The highest BCUT2D eigenvalue weighted by Crippen LogP contribution is 2.30. The number of azo groups is 3. The molecule has 0 unspecified atom stereocenters. The molecule has 4 heterocycles. The van der Waals surface area contributed by atoms with Crippen molar-refractivity contribution < 1.29 is 18.5 Å². The first-order valence-electron chi connectivity index (χ1n) is 6.77. The highest BCUT2D eigenvalue weighted by Gasteiger charge is 2.14. The SMILES string of the molecule is Nc1nonc1N=Nc1nonc1N=Nc1nonc1N=Nc1nonc1N. The number of hydrogen-bond donors (Lipinski definition) is 2. The summed E-state index contributed by atoms with van der Waals surface area (Å²) in [6, 6.07) is 0. The molecular weight excluding hydrogens is 384 g/mol. The normalized spacial score (nSPS) is 12.1. The Bertz CT molecular complexity index is 1070. The van der Waals surface area contributed by atoms with Crippen LogP contribution in [0.5, 0.6) is 0 Å². The summed E-state index contributed by atoms with van der Waals surface area (Å²) in [5.41, 5.74) is 10.9. The standard InChI is InChI=1S/C8H4N16O4/c9-1-3(19-25-17-1)11-13-5-7(23-27-21-5)15-16-8-6(22-28-24-8)14-12-4-2(10)18-26-20-4/h(H2,9,17)(H2,10,18). The second-order valence-corrected chi connectivity index (χ2v) is 4.37. The van der Waals surface area contributed by atoms with Crippen LogP contribution in [0.25, 0.3) is 0 Å². The number of nitrogens with two attached hydrogens (primary N) is 2. The van der Waals surface area contributed by atoms with Crippen molar-refractivity contribution in [2.24, 2.45) is 30.7 Å². The minimum atomic E-state index is -0.158. The molecule has 0 amide bonds. The van der Waals surface area contributed by atoms with Crippen LogP contribution >= 0.6 is 0 Å². The summed E-state index contributed by atoms with van der Waals surface area (Å²) in [6.45, 7) is 0. The summed E-state index contributed by atoms with van der Waals surface area (Å²) in [7, 11) is 0. The van der Waals surface area contributed by atoms with E-state index in [1.165, 1.54) is 0 Å². The number of rotatable bonds is 6. The van der Waals surface area contributed by atoms with Crippen molar-refractivity contribution in [1.29, 1.82) is 0 Å². The quantitative estimate of drug-likeness (QED) is 0.443. The van der Waals surface area contributed by atoms with Gasteiger partial charge in [0.05, 0.1) is 0 Å². The third-order valence-electron chi connectivity index (χ3n) is 2.62. The third kappa shape index (κ3) is 3.35. The van der Waals surface area contributed by atoms with Gasteiger partial charge in [0.25, 0.3) is 34.9 Å². The topological polar surface area (TPSA) is 282 Å².